The predicted molar refractivity (Wildman–Crippen MR) is 85.3 cm³/mol. The standard InChI is InChI=1S/C18H31NO2/c1-14(2)16(17-6-5-10-20-17)7-9-19-13-15-8-11-21-18(3,4)12-15/h5-6,10,14-16,19H,7-9,11-13H2,1-4H3/p+1/t15-,16+/m1/s1. The predicted octanol–water partition coefficient (Wildman–Crippen LogP) is 3.18. The maximum atomic E-state index is 5.79. The average Bonchev–Trinajstić information content (AvgIpc) is 2.90. The fourth-order valence-electron chi connectivity index (χ4n) is 3.52. The molecule has 0 radical (unpaired) electrons. The lowest BCUT2D eigenvalue weighted by Gasteiger charge is -2.34. The van der Waals surface area contributed by atoms with E-state index in [9.17, 15) is 0 Å². The van der Waals surface area contributed by atoms with Gasteiger partial charge in [0, 0.05) is 24.9 Å². The van der Waals surface area contributed by atoms with E-state index in [-0.39, 0.29) is 5.60 Å². The van der Waals surface area contributed by atoms with Crippen molar-refractivity contribution in [2.75, 3.05) is 19.7 Å². The van der Waals surface area contributed by atoms with Crippen LogP contribution in [0.4, 0.5) is 0 Å². The summed E-state index contributed by atoms with van der Waals surface area (Å²) in [6, 6.07) is 4.12. The molecule has 0 amide bonds. The van der Waals surface area contributed by atoms with Crippen molar-refractivity contribution >= 4 is 0 Å². The van der Waals surface area contributed by atoms with Gasteiger partial charge in [-0.1, -0.05) is 13.8 Å². The third kappa shape index (κ3) is 5.15. The van der Waals surface area contributed by atoms with Gasteiger partial charge in [0.05, 0.1) is 25.0 Å². The van der Waals surface area contributed by atoms with Crippen LogP contribution < -0.4 is 5.32 Å². The summed E-state index contributed by atoms with van der Waals surface area (Å²) in [6.07, 6.45) is 5.39. The summed E-state index contributed by atoms with van der Waals surface area (Å²) in [5, 5.41) is 2.49. The normalized spacial score (nSPS) is 23.4. The Morgan fingerprint density at radius 2 is 2.19 bits per heavy atom. The third-order valence-electron chi connectivity index (χ3n) is 4.69. The number of hydrogen-bond acceptors (Lipinski definition) is 2. The Morgan fingerprint density at radius 3 is 2.81 bits per heavy atom. The zero-order valence-electron chi connectivity index (χ0n) is 14.1. The lowest BCUT2D eigenvalue weighted by molar-refractivity contribution is -0.662. The number of rotatable bonds is 7. The lowest BCUT2D eigenvalue weighted by atomic mass is 9.88. The van der Waals surface area contributed by atoms with Crippen LogP contribution >= 0.6 is 0 Å². The summed E-state index contributed by atoms with van der Waals surface area (Å²) in [4.78, 5) is 0. The molecule has 1 saturated heterocycles. The molecule has 0 spiro atoms. The first kappa shape index (κ1) is 16.6. The van der Waals surface area contributed by atoms with Crippen LogP contribution in [0.3, 0.4) is 0 Å². The number of furan rings is 1. The topological polar surface area (TPSA) is 39.0 Å². The van der Waals surface area contributed by atoms with Crippen molar-refractivity contribution < 1.29 is 14.5 Å². The third-order valence-corrected chi connectivity index (χ3v) is 4.69. The van der Waals surface area contributed by atoms with Gasteiger partial charge in [-0.15, -0.1) is 0 Å². The molecular formula is C18H32NO2+. The summed E-state index contributed by atoms with van der Waals surface area (Å²) < 4.78 is 11.4. The molecule has 2 atom stereocenters. The second-order valence-corrected chi connectivity index (χ2v) is 7.43. The maximum Gasteiger partial charge on any atom is 0.107 e. The summed E-state index contributed by atoms with van der Waals surface area (Å²) in [5.41, 5.74) is 0.0748. The Hall–Kier alpha value is -0.800. The summed E-state index contributed by atoms with van der Waals surface area (Å²) in [6.45, 7) is 12.3. The van der Waals surface area contributed by atoms with Crippen molar-refractivity contribution in [3.8, 4) is 0 Å². The Bertz CT molecular complexity index is 397. The summed E-state index contributed by atoms with van der Waals surface area (Å²) >= 11 is 0. The second kappa shape index (κ2) is 7.46. The largest absolute Gasteiger partial charge is 0.469 e. The molecule has 1 aromatic rings. The number of ether oxygens (including phenoxy) is 1. The van der Waals surface area contributed by atoms with Gasteiger partial charge in [-0.05, 0) is 44.7 Å². The van der Waals surface area contributed by atoms with Crippen LogP contribution in [0.1, 0.15) is 58.6 Å². The van der Waals surface area contributed by atoms with Crippen molar-refractivity contribution in [1.82, 2.24) is 0 Å². The van der Waals surface area contributed by atoms with Crippen LogP contribution in [-0.2, 0) is 4.74 Å². The lowest BCUT2D eigenvalue weighted by Crippen LogP contribution is -2.86. The Labute approximate surface area is 129 Å². The molecule has 1 fully saturated rings. The Balaban J connectivity index is 1.71. The smallest absolute Gasteiger partial charge is 0.107 e. The van der Waals surface area contributed by atoms with Gasteiger partial charge in [-0.2, -0.15) is 0 Å². The summed E-state index contributed by atoms with van der Waals surface area (Å²) in [7, 11) is 0. The van der Waals surface area contributed by atoms with Gasteiger partial charge >= 0.3 is 0 Å². The molecule has 0 saturated carbocycles. The first-order chi connectivity index (χ1) is 9.98. The van der Waals surface area contributed by atoms with Gasteiger partial charge < -0.3 is 14.5 Å². The Kier molecular flexibility index (Phi) is 5.88. The number of quaternary nitrogens is 1. The summed E-state index contributed by atoms with van der Waals surface area (Å²) in [5.74, 6) is 3.12. The molecule has 120 valence electrons. The zero-order valence-corrected chi connectivity index (χ0v) is 14.1. The quantitative estimate of drug-likeness (QED) is 0.785. The van der Waals surface area contributed by atoms with Crippen molar-refractivity contribution in [1.29, 1.82) is 0 Å². The molecule has 1 aliphatic heterocycles. The molecule has 0 bridgehead atoms. The second-order valence-electron chi connectivity index (χ2n) is 7.43. The minimum absolute atomic E-state index is 0.0748. The highest BCUT2D eigenvalue weighted by atomic mass is 16.5. The maximum absolute atomic E-state index is 5.79. The molecule has 3 heteroatoms. The van der Waals surface area contributed by atoms with Crippen LogP contribution in [0.25, 0.3) is 0 Å². The monoisotopic (exact) mass is 294 g/mol. The molecule has 1 aromatic heterocycles. The van der Waals surface area contributed by atoms with Crippen molar-refractivity contribution in [3.63, 3.8) is 0 Å². The van der Waals surface area contributed by atoms with Crippen LogP contribution in [-0.4, -0.2) is 25.3 Å². The highest BCUT2D eigenvalue weighted by Gasteiger charge is 2.29. The minimum atomic E-state index is 0.0748. The van der Waals surface area contributed by atoms with E-state index in [2.05, 4.69) is 39.1 Å². The molecule has 21 heavy (non-hydrogen) atoms. The van der Waals surface area contributed by atoms with Gasteiger partial charge in [-0.3, -0.25) is 0 Å². The van der Waals surface area contributed by atoms with Gasteiger partial charge in [0.15, 0.2) is 0 Å². The van der Waals surface area contributed by atoms with Crippen LogP contribution in [0.15, 0.2) is 22.8 Å². The van der Waals surface area contributed by atoms with Gasteiger partial charge in [0.2, 0.25) is 0 Å². The molecule has 2 heterocycles. The minimum Gasteiger partial charge on any atom is -0.469 e. The molecule has 0 aliphatic carbocycles. The molecule has 1 aliphatic rings. The fourth-order valence-corrected chi connectivity index (χ4v) is 3.52. The number of nitrogens with two attached hydrogens (primary N) is 1. The van der Waals surface area contributed by atoms with Crippen molar-refractivity contribution in [2.24, 2.45) is 11.8 Å². The highest BCUT2D eigenvalue weighted by Crippen LogP contribution is 2.28. The molecule has 0 unspecified atom stereocenters. The zero-order chi connectivity index (χ0) is 15.3. The van der Waals surface area contributed by atoms with E-state index >= 15 is 0 Å². The molecular weight excluding hydrogens is 262 g/mol. The van der Waals surface area contributed by atoms with E-state index in [4.69, 9.17) is 9.15 Å². The average molecular weight is 294 g/mol. The van der Waals surface area contributed by atoms with E-state index in [0.29, 0.717) is 11.8 Å². The van der Waals surface area contributed by atoms with E-state index in [1.54, 1.807) is 6.26 Å². The van der Waals surface area contributed by atoms with Gasteiger partial charge in [0.25, 0.3) is 0 Å². The molecule has 0 aromatic carbocycles. The van der Waals surface area contributed by atoms with Crippen LogP contribution in [0.5, 0.6) is 0 Å². The van der Waals surface area contributed by atoms with Crippen LogP contribution in [0, 0.1) is 11.8 Å². The van der Waals surface area contributed by atoms with Crippen LogP contribution in [0.2, 0.25) is 0 Å². The van der Waals surface area contributed by atoms with E-state index in [1.807, 2.05) is 6.07 Å². The molecule has 2 N–H and O–H groups in total. The Morgan fingerprint density at radius 1 is 1.38 bits per heavy atom. The van der Waals surface area contributed by atoms with E-state index < -0.39 is 0 Å². The number of hydrogen-bond donors (Lipinski definition) is 1. The first-order valence-electron chi connectivity index (χ1n) is 8.47. The SMILES string of the molecule is CC(C)[C@H](CC[NH2+]C[C@@H]1CCOC(C)(C)C1)c1ccco1. The highest BCUT2D eigenvalue weighted by molar-refractivity contribution is 5.06. The first-order valence-corrected chi connectivity index (χ1v) is 8.47. The van der Waals surface area contributed by atoms with Gasteiger partial charge in [-0.25, -0.2) is 0 Å². The van der Waals surface area contributed by atoms with Crippen molar-refractivity contribution in [2.45, 2.75) is 58.5 Å². The molecule has 3 nitrogen and oxygen atoms in total. The van der Waals surface area contributed by atoms with E-state index in [1.165, 1.54) is 32.4 Å². The molecule has 2 rings (SSSR count). The van der Waals surface area contributed by atoms with Gasteiger partial charge in [0.1, 0.15) is 5.76 Å². The van der Waals surface area contributed by atoms with E-state index in [0.717, 1.165) is 18.3 Å². The van der Waals surface area contributed by atoms with Crippen molar-refractivity contribution in [3.05, 3.63) is 24.2 Å². The fraction of sp³-hybridized carbons (Fsp3) is 0.778.